The van der Waals surface area contributed by atoms with E-state index < -0.39 is 0 Å². The van der Waals surface area contributed by atoms with E-state index in [1.54, 1.807) is 17.7 Å². The van der Waals surface area contributed by atoms with Crippen LogP contribution in [0.2, 0.25) is 0 Å². The first kappa shape index (κ1) is 14.8. The Morgan fingerprint density at radius 3 is 2.88 bits per heavy atom. The van der Waals surface area contributed by atoms with Crippen LogP contribution in [-0.4, -0.2) is 15.7 Å². The van der Waals surface area contributed by atoms with Crippen molar-refractivity contribution < 1.29 is 4.42 Å². The lowest BCUT2D eigenvalue weighted by atomic mass is 10.2. The maximum atomic E-state index is 5.83. The number of furan rings is 1. The number of nitrogens with zero attached hydrogens (tertiary/aromatic N) is 3. The van der Waals surface area contributed by atoms with Crippen LogP contribution in [0.5, 0.6) is 0 Å². The van der Waals surface area contributed by atoms with Gasteiger partial charge in [0, 0.05) is 10.3 Å². The van der Waals surface area contributed by atoms with Gasteiger partial charge in [-0.05, 0) is 38.5 Å². The van der Waals surface area contributed by atoms with Crippen LogP contribution in [0.25, 0.3) is 21.2 Å². The maximum absolute atomic E-state index is 5.83. The van der Waals surface area contributed by atoms with E-state index >= 15 is 0 Å². The van der Waals surface area contributed by atoms with Gasteiger partial charge in [0.15, 0.2) is 11.6 Å². The van der Waals surface area contributed by atoms with Crippen LogP contribution >= 0.6 is 11.3 Å². The molecule has 0 bridgehead atoms. The standard InChI is InChI=1S/C18H16N4OS/c1-10-12(3)24-18-16(10)17(19-9-20-18)22-21-11(2)15-8-13-6-4-5-7-14(13)23-15/h4-9H,1-3H3,(H,19,20,22)/b21-11-. The third-order valence-corrected chi connectivity index (χ3v) is 5.19. The number of benzene rings is 1. The van der Waals surface area contributed by atoms with Crippen LogP contribution in [0.1, 0.15) is 23.1 Å². The Morgan fingerprint density at radius 2 is 2.04 bits per heavy atom. The number of fused-ring (bicyclic) bond motifs is 2. The molecule has 3 aromatic heterocycles. The second kappa shape index (κ2) is 5.72. The number of anilines is 1. The SMILES string of the molecule is C/C(=N/Nc1ncnc2sc(C)c(C)c12)c1cc2ccccc2o1. The average molecular weight is 336 g/mol. The summed E-state index contributed by atoms with van der Waals surface area (Å²) in [5.41, 5.74) is 5.88. The van der Waals surface area contributed by atoms with E-state index in [2.05, 4.69) is 34.3 Å². The van der Waals surface area contributed by atoms with E-state index in [0.717, 1.165) is 38.5 Å². The third-order valence-electron chi connectivity index (χ3n) is 4.08. The summed E-state index contributed by atoms with van der Waals surface area (Å²) in [5.74, 6) is 1.46. The number of para-hydroxylation sites is 1. The van der Waals surface area contributed by atoms with Crippen LogP contribution in [0, 0.1) is 13.8 Å². The highest BCUT2D eigenvalue weighted by atomic mass is 32.1. The molecule has 1 N–H and O–H groups in total. The van der Waals surface area contributed by atoms with Crippen LogP contribution in [-0.2, 0) is 0 Å². The number of thiophene rings is 1. The van der Waals surface area contributed by atoms with E-state index in [4.69, 9.17) is 4.42 Å². The lowest BCUT2D eigenvalue weighted by Gasteiger charge is -2.03. The second-order valence-electron chi connectivity index (χ2n) is 5.64. The first-order valence-electron chi connectivity index (χ1n) is 7.63. The minimum absolute atomic E-state index is 0.720. The summed E-state index contributed by atoms with van der Waals surface area (Å²) in [6.07, 6.45) is 1.56. The summed E-state index contributed by atoms with van der Waals surface area (Å²) in [4.78, 5) is 10.9. The second-order valence-corrected chi connectivity index (χ2v) is 6.85. The van der Waals surface area contributed by atoms with Gasteiger partial charge in [0.2, 0.25) is 0 Å². The zero-order valence-electron chi connectivity index (χ0n) is 13.6. The zero-order valence-corrected chi connectivity index (χ0v) is 14.4. The molecule has 0 aliphatic heterocycles. The van der Waals surface area contributed by atoms with Crippen molar-refractivity contribution in [3.8, 4) is 0 Å². The number of hydrogen-bond acceptors (Lipinski definition) is 6. The third kappa shape index (κ3) is 2.45. The minimum Gasteiger partial charge on any atom is -0.455 e. The van der Waals surface area contributed by atoms with Crippen molar-refractivity contribution in [1.82, 2.24) is 9.97 Å². The van der Waals surface area contributed by atoms with Gasteiger partial charge in [-0.1, -0.05) is 18.2 Å². The molecule has 0 spiro atoms. The molecular weight excluding hydrogens is 320 g/mol. The van der Waals surface area contributed by atoms with Gasteiger partial charge in [0.1, 0.15) is 22.5 Å². The molecule has 5 nitrogen and oxygen atoms in total. The lowest BCUT2D eigenvalue weighted by Crippen LogP contribution is -2.00. The number of aromatic nitrogens is 2. The molecule has 6 heteroatoms. The fourth-order valence-corrected chi connectivity index (χ4v) is 3.62. The predicted molar refractivity (Wildman–Crippen MR) is 98.9 cm³/mol. The molecule has 0 fully saturated rings. The Labute approximate surface area is 143 Å². The van der Waals surface area contributed by atoms with Gasteiger partial charge in [0.05, 0.1) is 5.39 Å². The van der Waals surface area contributed by atoms with Crippen molar-refractivity contribution in [3.63, 3.8) is 0 Å². The predicted octanol–water partition coefficient (Wildman–Crippen LogP) is 4.89. The van der Waals surface area contributed by atoms with Crippen molar-refractivity contribution in [1.29, 1.82) is 0 Å². The fraction of sp³-hybridized carbons (Fsp3) is 0.167. The summed E-state index contributed by atoms with van der Waals surface area (Å²) in [5, 5.41) is 6.54. The van der Waals surface area contributed by atoms with Gasteiger partial charge < -0.3 is 4.42 Å². The van der Waals surface area contributed by atoms with Gasteiger partial charge in [-0.3, -0.25) is 5.43 Å². The Kier molecular flexibility index (Phi) is 3.54. The average Bonchev–Trinajstić information content (AvgIpc) is 3.14. The summed E-state index contributed by atoms with van der Waals surface area (Å²) in [7, 11) is 0. The molecule has 24 heavy (non-hydrogen) atoms. The monoisotopic (exact) mass is 336 g/mol. The molecule has 0 saturated carbocycles. The molecule has 0 radical (unpaired) electrons. The summed E-state index contributed by atoms with van der Waals surface area (Å²) in [6, 6.07) is 9.91. The number of hydrogen-bond donors (Lipinski definition) is 1. The van der Waals surface area contributed by atoms with Crippen LogP contribution in [0.3, 0.4) is 0 Å². The molecule has 4 rings (SSSR count). The smallest absolute Gasteiger partial charge is 0.158 e. The van der Waals surface area contributed by atoms with E-state index in [1.807, 2.05) is 37.3 Å². The van der Waals surface area contributed by atoms with Gasteiger partial charge in [-0.2, -0.15) is 5.10 Å². The topological polar surface area (TPSA) is 63.3 Å². The van der Waals surface area contributed by atoms with Gasteiger partial charge in [-0.15, -0.1) is 11.3 Å². The van der Waals surface area contributed by atoms with E-state index in [-0.39, 0.29) is 0 Å². The molecule has 3 heterocycles. The largest absolute Gasteiger partial charge is 0.455 e. The van der Waals surface area contributed by atoms with Gasteiger partial charge in [0.25, 0.3) is 0 Å². The number of rotatable bonds is 3. The van der Waals surface area contributed by atoms with E-state index in [1.165, 1.54) is 10.4 Å². The van der Waals surface area contributed by atoms with E-state index in [0.29, 0.717) is 0 Å². The van der Waals surface area contributed by atoms with Gasteiger partial charge in [-0.25, -0.2) is 9.97 Å². The molecule has 0 aliphatic rings. The molecule has 0 aliphatic carbocycles. The Bertz CT molecular complexity index is 1040. The quantitative estimate of drug-likeness (QED) is 0.427. The van der Waals surface area contributed by atoms with E-state index in [9.17, 15) is 0 Å². The van der Waals surface area contributed by atoms with Gasteiger partial charge >= 0.3 is 0 Å². The van der Waals surface area contributed by atoms with Crippen molar-refractivity contribution >= 4 is 44.1 Å². The maximum Gasteiger partial charge on any atom is 0.158 e. The molecular formula is C18H16N4OS. The number of hydrazone groups is 1. The highest BCUT2D eigenvalue weighted by molar-refractivity contribution is 7.18. The molecule has 4 aromatic rings. The lowest BCUT2D eigenvalue weighted by molar-refractivity contribution is 0.604. The molecule has 0 atom stereocenters. The highest BCUT2D eigenvalue weighted by Crippen LogP contribution is 2.32. The normalized spacial score (nSPS) is 12.2. The van der Waals surface area contributed by atoms with Crippen LogP contribution in [0.4, 0.5) is 5.82 Å². The van der Waals surface area contributed by atoms with Crippen LogP contribution < -0.4 is 5.43 Å². The molecule has 120 valence electrons. The summed E-state index contributed by atoms with van der Waals surface area (Å²) < 4.78 is 5.83. The first-order valence-corrected chi connectivity index (χ1v) is 8.45. The Hall–Kier alpha value is -2.73. The Balaban J connectivity index is 1.69. The molecule has 1 aromatic carbocycles. The minimum atomic E-state index is 0.720. The molecule has 0 saturated heterocycles. The fourth-order valence-electron chi connectivity index (χ4n) is 2.62. The van der Waals surface area contributed by atoms with Crippen molar-refractivity contribution in [2.75, 3.05) is 5.43 Å². The highest BCUT2D eigenvalue weighted by Gasteiger charge is 2.12. The molecule has 0 unspecified atom stereocenters. The Morgan fingerprint density at radius 1 is 1.21 bits per heavy atom. The number of nitrogens with one attached hydrogen (secondary N) is 1. The molecule has 0 amide bonds. The van der Waals surface area contributed by atoms with Crippen molar-refractivity contribution in [2.45, 2.75) is 20.8 Å². The first-order chi connectivity index (χ1) is 11.6. The number of aryl methyl sites for hydroxylation is 2. The van der Waals surface area contributed by atoms with Crippen molar-refractivity contribution in [2.24, 2.45) is 5.10 Å². The van der Waals surface area contributed by atoms with Crippen LogP contribution in [0.15, 0.2) is 46.2 Å². The zero-order chi connectivity index (χ0) is 16.7. The summed E-state index contributed by atoms with van der Waals surface area (Å²) in [6.45, 7) is 6.09. The summed E-state index contributed by atoms with van der Waals surface area (Å²) >= 11 is 1.67. The van der Waals surface area contributed by atoms with Crippen molar-refractivity contribution in [3.05, 3.63) is 52.9 Å².